The maximum atomic E-state index is 12.5. The number of anilines is 2. The standard InChI is InChI=1S/C21H22N4O/c1-15(2)18-5-3-4-6-19(18)25-21(26)20-8-7-17(14-24-20)23-13-16-9-11-22-12-10-16/h3-12,14-15,23H,13H2,1-2H3,(H,25,26). The molecule has 0 saturated heterocycles. The zero-order valence-electron chi connectivity index (χ0n) is 14.9. The van der Waals surface area contributed by atoms with Crippen LogP contribution in [0.3, 0.4) is 0 Å². The Balaban J connectivity index is 1.64. The van der Waals surface area contributed by atoms with Crippen LogP contribution in [0, 0.1) is 0 Å². The van der Waals surface area contributed by atoms with Crippen LogP contribution >= 0.6 is 0 Å². The minimum Gasteiger partial charge on any atom is -0.380 e. The van der Waals surface area contributed by atoms with Crippen LogP contribution in [0.5, 0.6) is 0 Å². The summed E-state index contributed by atoms with van der Waals surface area (Å²) in [6.07, 6.45) is 5.19. The van der Waals surface area contributed by atoms with Crippen molar-refractivity contribution in [2.75, 3.05) is 10.6 Å². The number of pyridine rings is 2. The number of nitrogens with zero attached hydrogens (tertiary/aromatic N) is 2. The minimum absolute atomic E-state index is 0.209. The second kappa shape index (κ2) is 8.25. The number of carbonyl (C=O) groups is 1. The Morgan fingerprint density at radius 1 is 1.04 bits per heavy atom. The summed E-state index contributed by atoms with van der Waals surface area (Å²) in [4.78, 5) is 20.8. The zero-order chi connectivity index (χ0) is 18.4. The molecule has 3 rings (SSSR count). The number of rotatable bonds is 6. The van der Waals surface area contributed by atoms with Crippen LogP contribution in [-0.4, -0.2) is 15.9 Å². The van der Waals surface area contributed by atoms with Crippen molar-refractivity contribution in [1.29, 1.82) is 0 Å². The molecule has 0 aliphatic rings. The van der Waals surface area contributed by atoms with Crippen LogP contribution in [0.2, 0.25) is 0 Å². The summed E-state index contributed by atoms with van der Waals surface area (Å²) >= 11 is 0. The molecule has 0 saturated carbocycles. The average Bonchev–Trinajstić information content (AvgIpc) is 2.68. The van der Waals surface area contributed by atoms with Gasteiger partial charge in [-0.1, -0.05) is 32.0 Å². The fourth-order valence-electron chi connectivity index (χ4n) is 2.64. The first-order valence-corrected chi connectivity index (χ1v) is 8.62. The van der Waals surface area contributed by atoms with Crippen molar-refractivity contribution in [3.05, 3.63) is 83.9 Å². The lowest BCUT2D eigenvalue weighted by Gasteiger charge is -2.13. The van der Waals surface area contributed by atoms with Gasteiger partial charge in [0.05, 0.1) is 11.9 Å². The van der Waals surface area contributed by atoms with Crippen molar-refractivity contribution in [1.82, 2.24) is 9.97 Å². The minimum atomic E-state index is -0.209. The van der Waals surface area contributed by atoms with E-state index in [-0.39, 0.29) is 5.91 Å². The fourth-order valence-corrected chi connectivity index (χ4v) is 2.64. The summed E-state index contributed by atoms with van der Waals surface area (Å²) in [5, 5.41) is 6.24. The van der Waals surface area contributed by atoms with Crippen molar-refractivity contribution in [2.24, 2.45) is 0 Å². The molecule has 3 aromatic rings. The molecule has 2 aromatic heterocycles. The van der Waals surface area contributed by atoms with E-state index in [4.69, 9.17) is 0 Å². The van der Waals surface area contributed by atoms with Crippen molar-refractivity contribution in [3.63, 3.8) is 0 Å². The third-order valence-corrected chi connectivity index (χ3v) is 4.07. The summed E-state index contributed by atoms with van der Waals surface area (Å²) < 4.78 is 0. The highest BCUT2D eigenvalue weighted by molar-refractivity contribution is 6.03. The van der Waals surface area contributed by atoms with Gasteiger partial charge in [-0.05, 0) is 47.4 Å². The lowest BCUT2D eigenvalue weighted by Crippen LogP contribution is -2.15. The molecular weight excluding hydrogens is 324 g/mol. The van der Waals surface area contributed by atoms with Crippen LogP contribution in [0.15, 0.2) is 67.1 Å². The summed E-state index contributed by atoms with van der Waals surface area (Å²) in [7, 11) is 0. The predicted molar refractivity (Wildman–Crippen MR) is 104 cm³/mol. The van der Waals surface area contributed by atoms with Crippen LogP contribution in [0.1, 0.15) is 41.4 Å². The normalized spacial score (nSPS) is 10.6. The molecule has 5 nitrogen and oxygen atoms in total. The van der Waals surface area contributed by atoms with Crippen LogP contribution in [-0.2, 0) is 6.54 Å². The Morgan fingerprint density at radius 2 is 1.81 bits per heavy atom. The van der Waals surface area contributed by atoms with E-state index in [9.17, 15) is 4.79 Å². The first-order valence-electron chi connectivity index (χ1n) is 8.62. The van der Waals surface area contributed by atoms with Crippen molar-refractivity contribution in [3.8, 4) is 0 Å². The first-order chi connectivity index (χ1) is 12.6. The van der Waals surface area contributed by atoms with Crippen molar-refractivity contribution >= 4 is 17.3 Å². The molecule has 5 heteroatoms. The molecule has 1 aromatic carbocycles. The lowest BCUT2D eigenvalue weighted by atomic mass is 10.0. The Bertz CT molecular complexity index is 861. The summed E-state index contributed by atoms with van der Waals surface area (Å²) in [5.41, 5.74) is 4.32. The molecular formula is C21H22N4O. The van der Waals surface area contributed by atoms with E-state index in [1.54, 1.807) is 24.7 Å². The summed E-state index contributed by atoms with van der Waals surface area (Å²) in [6, 6.07) is 15.3. The molecule has 0 atom stereocenters. The van der Waals surface area contributed by atoms with Gasteiger partial charge in [0.15, 0.2) is 0 Å². The van der Waals surface area contributed by atoms with E-state index >= 15 is 0 Å². The van der Waals surface area contributed by atoms with Gasteiger partial charge < -0.3 is 10.6 Å². The second-order valence-corrected chi connectivity index (χ2v) is 6.34. The zero-order valence-corrected chi connectivity index (χ0v) is 14.9. The third kappa shape index (κ3) is 4.45. The molecule has 0 bridgehead atoms. The van der Waals surface area contributed by atoms with Gasteiger partial charge in [-0.2, -0.15) is 0 Å². The average molecular weight is 346 g/mol. The molecule has 0 unspecified atom stereocenters. The number of hydrogen-bond donors (Lipinski definition) is 2. The van der Waals surface area contributed by atoms with E-state index < -0.39 is 0 Å². The largest absolute Gasteiger partial charge is 0.380 e. The van der Waals surface area contributed by atoms with Crippen LogP contribution in [0.4, 0.5) is 11.4 Å². The maximum absolute atomic E-state index is 12.5. The molecule has 132 valence electrons. The number of nitrogens with one attached hydrogen (secondary N) is 2. The molecule has 1 amide bonds. The smallest absolute Gasteiger partial charge is 0.274 e. The fraction of sp³-hybridized carbons (Fsp3) is 0.190. The molecule has 0 fully saturated rings. The highest BCUT2D eigenvalue weighted by Crippen LogP contribution is 2.24. The van der Waals surface area contributed by atoms with Gasteiger partial charge in [0.1, 0.15) is 5.69 Å². The van der Waals surface area contributed by atoms with Gasteiger partial charge in [-0.25, -0.2) is 4.98 Å². The number of benzene rings is 1. The number of amides is 1. The maximum Gasteiger partial charge on any atom is 0.274 e. The molecule has 0 aliphatic carbocycles. The summed E-state index contributed by atoms with van der Waals surface area (Å²) in [6.45, 7) is 4.89. The SMILES string of the molecule is CC(C)c1ccccc1NC(=O)c1ccc(NCc2ccncc2)cn1. The molecule has 26 heavy (non-hydrogen) atoms. The molecule has 0 spiro atoms. The predicted octanol–water partition coefficient (Wildman–Crippen LogP) is 4.46. The Hall–Kier alpha value is -3.21. The number of para-hydroxylation sites is 1. The Kier molecular flexibility index (Phi) is 5.59. The molecule has 2 heterocycles. The Labute approximate surface area is 153 Å². The van der Waals surface area contributed by atoms with Crippen molar-refractivity contribution in [2.45, 2.75) is 26.3 Å². The van der Waals surface area contributed by atoms with E-state index in [0.29, 0.717) is 18.2 Å². The van der Waals surface area contributed by atoms with Gasteiger partial charge in [-0.3, -0.25) is 9.78 Å². The van der Waals surface area contributed by atoms with E-state index in [2.05, 4.69) is 34.4 Å². The topological polar surface area (TPSA) is 66.9 Å². The first kappa shape index (κ1) is 17.6. The highest BCUT2D eigenvalue weighted by Gasteiger charge is 2.11. The van der Waals surface area contributed by atoms with Gasteiger partial charge in [0.2, 0.25) is 0 Å². The number of carbonyl (C=O) groups excluding carboxylic acids is 1. The van der Waals surface area contributed by atoms with Crippen molar-refractivity contribution < 1.29 is 4.79 Å². The Morgan fingerprint density at radius 3 is 2.50 bits per heavy atom. The van der Waals surface area contributed by atoms with Crippen LogP contribution < -0.4 is 10.6 Å². The van der Waals surface area contributed by atoms with Gasteiger partial charge in [-0.15, -0.1) is 0 Å². The van der Waals surface area contributed by atoms with Gasteiger partial charge in [0.25, 0.3) is 5.91 Å². The summed E-state index contributed by atoms with van der Waals surface area (Å²) in [5.74, 6) is 0.123. The van der Waals surface area contributed by atoms with Gasteiger partial charge >= 0.3 is 0 Å². The van der Waals surface area contributed by atoms with Gasteiger partial charge in [0, 0.05) is 24.6 Å². The molecule has 0 aliphatic heterocycles. The third-order valence-electron chi connectivity index (χ3n) is 4.07. The molecule has 0 radical (unpaired) electrons. The molecule has 2 N–H and O–H groups in total. The second-order valence-electron chi connectivity index (χ2n) is 6.34. The monoisotopic (exact) mass is 346 g/mol. The van der Waals surface area contributed by atoms with E-state index in [1.807, 2.05) is 42.5 Å². The quantitative estimate of drug-likeness (QED) is 0.691. The number of hydrogen-bond acceptors (Lipinski definition) is 4. The highest BCUT2D eigenvalue weighted by atomic mass is 16.1. The van der Waals surface area contributed by atoms with E-state index in [1.165, 1.54) is 0 Å². The van der Waals surface area contributed by atoms with E-state index in [0.717, 1.165) is 22.5 Å². The number of aromatic nitrogens is 2. The van der Waals surface area contributed by atoms with Crippen LogP contribution in [0.25, 0.3) is 0 Å². The lowest BCUT2D eigenvalue weighted by molar-refractivity contribution is 0.102.